The minimum Gasteiger partial charge on any atom is -0.396 e. The van der Waals surface area contributed by atoms with Crippen LogP contribution in [0.1, 0.15) is 12.8 Å². The first-order valence-corrected chi connectivity index (χ1v) is 3.31. The number of rotatable bonds is 1. The van der Waals surface area contributed by atoms with Crippen LogP contribution in [0.2, 0.25) is 0 Å². The lowest BCUT2D eigenvalue weighted by Gasteiger charge is -2.07. The maximum atomic E-state index is 8.74. The number of hydrogen-bond donors (Lipinski definition) is 2. The van der Waals surface area contributed by atoms with Crippen molar-refractivity contribution in [2.75, 3.05) is 6.61 Å². The summed E-state index contributed by atoms with van der Waals surface area (Å²) in [5, 5.41) is 8.74. The fraction of sp³-hybridized carbons (Fsp3) is 0.714. The third-order valence-electron chi connectivity index (χ3n) is 2.05. The molecule has 9 heavy (non-hydrogen) atoms. The second kappa shape index (κ2) is 2.50. The number of aliphatic hydroxyl groups is 1. The van der Waals surface area contributed by atoms with Crippen molar-refractivity contribution in [2.24, 2.45) is 11.7 Å². The maximum absolute atomic E-state index is 8.74. The Hall–Kier alpha value is -0.340. The van der Waals surface area contributed by atoms with Crippen molar-refractivity contribution >= 4 is 0 Å². The largest absolute Gasteiger partial charge is 0.396 e. The average Bonchev–Trinajstić information content (AvgIpc) is 2.15. The van der Waals surface area contributed by atoms with Gasteiger partial charge in [0.2, 0.25) is 0 Å². The molecule has 52 valence electrons. The van der Waals surface area contributed by atoms with Gasteiger partial charge >= 0.3 is 0 Å². The Balaban J connectivity index is 2.51. The standard InChI is InChI=1S/C7H13NO/c1-5-6(4-9)2-3-7(5)8/h6-7,9H,1-4,8H2. The molecular weight excluding hydrogens is 114 g/mol. The van der Waals surface area contributed by atoms with Crippen LogP contribution in [0.15, 0.2) is 12.2 Å². The van der Waals surface area contributed by atoms with Crippen molar-refractivity contribution in [1.29, 1.82) is 0 Å². The Kier molecular flexibility index (Phi) is 1.88. The topological polar surface area (TPSA) is 46.2 Å². The van der Waals surface area contributed by atoms with E-state index in [1.807, 2.05) is 0 Å². The van der Waals surface area contributed by atoms with Crippen LogP contribution in [0.3, 0.4) is 0 Å². The van der Waals surface area contributed by atoms with E-state index in [9.17, 15) is 0 Å². The molecule has 2 nitrogen and oxygen atoms in total. The molecule has 0 aromatic rings. The van der Waals surface area contributed by atoms with Crippen LogP contribution in [0.4, 0.5) is 0 Å². The van der Waals surface area contributed by atoms with Gasteiger partial charge in [-0.2, -0.15) is 0 Å². The summed E-state index contributed by atoms with van der Waals surface area (Å²) in [6.07, 6.45) is 2.00. The molecule has 2 atom stereocenters. The molecular formula is C7H13NO. The molecule has 1 aliphatic rings. The lowest BCUT2D eigenvalue weighted by atomic mass is 10.1. The quantitative estimate of drug-likeness (QED) is 0.497. The van der Waals surface area contributed by atoms with Crippen LogP contribution < -0.4 is 5.73 Å². The van der Waals surface area contributed by atoms with Crippen molar-refractivity contribution in [3.8, 4) is 0 Å². The van der Waals surface area contributed by atoms with Crippen LogP contribution in [0.5, 0.6) is 0 Å². The summed E-state index contributed by atoms with van der Waals surface area (Å²) in [5.41, 5.74) is 6.66. The normalized spacial score (nSPS) is 35.6. The summed E-state index contributed by atoms with van der Waals surface area (Å²) in [6.45, 7) is 4.02. The van der Waals surface area contributed by atoms with E-state index in [0.29, 0.717) is 0 Å². The van der Waals surface area contributed by atoms with Crippen molar-refractivity contribution in [2.45, 2.75) is 18.9 Å². The first kappa shape index (κ1) is 6.78. The summed E-state index contributed by atoms with van der Waals surface area (Å²) in [7, 11) is 0. The zero-order valence-corrected chi connectivity index (χ0v) is 5.51. The van der Waals surface area contributed by atoms with Gasteiger partial charge in [-0.05, 0) is 12.8 Å². The Morgan fingerprint density at radius 1 is 1.67 bits per heavy atom. The molecule has 0 aromatic heterocycles. The lowest BCUT2D eigenvalue weighted by molar-refractivity contribution is 0.249. The number of aliphatic hydroxyl groups excluding tert-OH is 1. The molecule has 1 rings (SSSR count). The first-order valence-electron chi connectivity index (χ1n) is 3.31. The Bertz CT molecular complexity index is 122. The molecule has 3 N–H and O–H groups in total. The molecule has 0 radical (unpaired) electrons. The molecule has 0 bridgehead atoms. The highest BCUT2D eigenvalue weighted by Gasteiger charge is 2.24. The van der Waals surface area contributed by atoms with Crippen molar-refractivity contribution in [3.05, 3.63) is 12.2 Å². The van der Waals surface area contributed by atoms with E-state index >= 15 is 0 Å². The highest BCUT2D eigenvalue weighted by Crippen LogP contribution is 2.27. The fourth-order valence-corrected chi connectivity index (χ4v) is 1.26. The molecule has 1 fully saturated rings. The molecule has 0 aliphatic heterocycles. The van der Waals surface area contributed by atoms with E-state index < -0.39 is 0 Å². The first-order chi connectivity index (χ1) is 4.25. The minimum absolute atomic E-state index is 0.141. The second-order valence-corrected chi connectivity index (χ2v) is 2.64. The predicted octanol–water partition coefficient (Wildman–Crippen LogP) is 0.272. The highest BCUT2D eigenvalue weighted by atomic mass is 16.3. The summed E-state index contributed by atoms with van der Waals surface area (Å²) >= 11 is 0. The van der Waals surface area contributed by atoms with Gasteiger partial charge < -0.3 is 10.8 Å². The van der Waals surface area contributed by atoms with E-state index in [2.05, 4.69) is 6.58 Å². The predicted molar refractivity (Wildman–Crippen MR) is 36.9 cm³/mol. The molecule has 0 heterocycles. The minimum atomic E-state index is 0.141. The van der Waals surface area contributed by atoms with Crippen LogP contribution in [0.25, 0.3) is 0 Å². The van der Waals surface area contributed by atoms with Gasteiger partial charge in [-0.15, -0.1) is 0 Å². The zero-order valence-electron chi connectivity index (χ0n) is 5.51. The summed E-state index contributed by atoms with van der Waals surface area (Å²) < 4.78 is 0. The Morgan fingerprint density at radius 3 is 2.56 bits per heavy atom. The zero-order chi connectivity index (χ0) is 6.85. The smallest absolute Gasteiger partial charge is 0.0496 e. The van der Waals surface area contributed by atoms with E-state index in [4.69, 9.17) is 10.8 Å². The maximum Gasteiger partial charge on any atom is 0.0496 e. The van der Waals surface area contributed by atoms with E-state index in [-0.39, 0.29) is 18.6 Å². The van der Waals surface area contributed by atoms with E-state index in [1.165, 1.54) is 0 Å². The number of hydrogen-bond acceptors (Lipinski definition) is 2. The van der Waals surface area contributed by atoms with Crippen LogP contribution in [-0.4, -0.2) is 17.8 Å². The van der Waals surface area contributed by atoms with Gasteiger partial charge in [0.25, 0.3) is 0 Å². The molecule has 2 heteroatoms. The van der Waals surface area contributed by atoms with Crippen molar-refractivity contribution < 1.29 is 5.11 Å². The molecule has 2 unspecified atom stereocenters. The van der Waals surface area contributed by atoms with Crippen LogP contribution in [0, 0.1) is 5.92 Å². The molecule has 0 saturated heterocycles. The van der Waals surface area contributed by atoms with E-state index in [1.54, 1.807) is 0 Å². The van der Waals surface area contributed by atoms with E-state index in [0.717, 1.165) is 18.4 Å². The highest BCUT2D eigenvalue weighted by molar-refractivity contribution is 5.14. The van der Waals surface area contributed by atoms with Gasteiger partial charge in [0.15, 0.2) is 0 Å². The summed E-state index contributed by atoms with van der Waals surface area (Å²) in [5.74, 6) is 0.278. The van der Waals surface area contributed by atoms with Crippen molar-refractivity contribution in [1.82, 2.24) is 0 Å². The SMILES string of the molecule is C=C1C(N)CCC1CO. The van der Waals surface area contributed by atoms with Gasteiger partial charge in [-0.3, -0.25) is 0 Å². The third kappa shape index (κ3) is 1.14. The van der Waals surface area contributed by atoms with Gasteiger partial charge in [0, 0.05) is 18.6 Å². The summed E-state index contributed by atoms with van der Waals surface area (Å²) in [4.78, 5) is 0. The molecule has 0 spiro atoms. The summed E-state index contributed by atoms with van der Waals surface area (Å²) in [6, 6.07) is 0.141. The van der Waals surface area contributed by atoms with Crippen LogP contribution >= 0.6 is 0 Å². The van der Waals surface area contributed by atoms with Gasteiger partial charge in [0.1, 0.15) is 0 Å². The monoisotopic (exact) mass is 127 g/mol. The van der Waals surface area contributed by atoms with Gasteiger partial charge in [-0.25, -0.2) is 0 Å². The Morgan fingerprint density at radius 2 is 2.33 bits per heavy atom. The Labute approximate surface area is 55.4 Å². The molecule has 1 saturated carbocycles. The van der Waals surface area contributed by atoms with Gasteiger partial charge in [0.05, 0.1) is 0 Å². The second-order valence-electron chi connectivity index (χ2n) is 2.64. The van der Waals surface area contributed by atoms with Crippen LogP contribution in [-0.2, 0) is 0 Å². The molecule has 1 aliphatic carbocycles. The average molecular weight is 127 g/mol. The molecule has 0 amide bonds. The number of nitrogens with two attached hydrogens (primary N) is 1. The third-order valence-corrected chi connectivity index (χ3v) is 2.05. The van der Waals surface area contributed by atoms with Crippen molar-refractivity contribution in [3.63, 3.8) is 0 Å². The lowest BCUT2D eigenvalue weighted by Crippen LogP contribution is -2.18. The molecule has 0 aromatic carbocycles. The van der Waals surface area contributed by atoms with Gasteiger partial charge in [-0.1, -0.05) is 12.2 Å². The fourth-order valence-electron chi connectivity index (χ4n) is 1.26.